The number of hydrogen-bond donors (Lipinski definition) is 1. The van der Waals surface area contributed by atoms with Crippen molar-refractivity contribution in [2.75, 3.05) is 6.54 Å². The van der Waals surface area contributed by atoms with E-state index in [9.17, 15) is 0 Å². The van der Waals surface area contributed by atoms with Crippen LogP contribution in [0.3, 0.4) is 0 Å². The van der Waals surface area contributed by atoms with Gasteiger partial charge in [-0.15, -0.1) is 11.6 Å². The Bertz CT molecular complexity index is 167. The highest BCUT2D eigenvalue weighted by atomic mass is 35.5. The summed E-state index contributed by atoms with van der Waals surface area (Å²) in [5, 5.41) is 3.17. The first-order chi connectivity index (χ1) is 5.00. The Labute approximate surface area is 73.8 Å². The van der Waals surface area contributed by atoms with Crippen LogP contribution in [0.25, 0.3) is 0 Å². The van der Waals surface area contributed by atoms with Crippen LogP contribution in [0.2, 0.25) is 0 Å². The molecular formula is C9H16ClN. The van der Waals surface area contributed by atoms with Crippen LogP contribution in [-0.4, -0.2) is 12.0 Å². The SMILES string of the molecule is CC(C)(C)C1=CCNC(Cl)C1. The number of rotatable bonds is 0. The first kappa shape index (κ1) is 9.08. The van der Waals surface area contributed by atoms with Crippen molar-refractivity contribution in [2.24, 2.45) is 5.41 Å². The van der Waals surface area contributed by atoms with Crippen LogP contribution >= 0.6 is 11.6 Å². The normalized spacial score (nSPS) is 26.5. The molecule has 1 nitrogen and oxygen atoms in total. The van der Waals surface area contributed by atoms with Crippen LogP contribution in [0.4, 0.5) is 0 Å². The maximum absolute atomic E-state index is 5.97. The molecule has 1 N–H and O–H groups in total. The third kappa shape index (κ3) is 2.49. The van der Waals surface area contributed by atoms with Crippen LogP contribution < -0.4 is 5.32 Å². The van der Waals surface area contributed by atoms with Crippen LogP contribution in [0.15, 0.2) is 11.6 Å². The molecule has 11 heavy (non-hydrogen) atoms. The molecule has 64 valence electrons. The minimum atomic E-state index is 0.134. The molecule has 1 atom stereocenters. The summed E-state index contributed by atoms with van der Waals surface area (Å²) in [6, 6.07) is 0. The van der Waals surface area contributed by atoms with Crippen molar-refractivity contribution in [3.8, 4) is 0 Å². The standard InChI is InChI=1S/C9H16ClN/c1-9(2,3)7-4-5-11-8(10)6-7/h4,8,11H,5-6H2,1-3H3. The minimum absolute atomic E-state index is 0.134. The number of alkyl halides is 1. The molecule has 1 rings (SSSR count). The summed E-state index contributed by atoms with van der Waals surface area (Å²) in [5.74, 6) is 0. The first-order valence-corrected chi connectivity index (χ1v) is 4.51. The Hall–Kier alpha value is -0.0100. The molecule has 2 heteroatoms. The van der Waals surface area contributed by atoms with E-state index in [4.69, 9.17) is 11.6 Å². The van der Waals surface area contributed by atoms with E-state index in [-0.39, 0.29) is 10.9 Å². The lowest BCUT2D eigenvalue weighted by Gasteiger charge is -2.28. The molecule has 0 fully saturated rings. The summed E-state index contributed by atoms with van der Waals surface area (Å²) in [4.78, 5) is 0. The minimum Gasteiger partial charge on any atom is -0.298 e. The molecule has 0 saturated carbocycles. The zero-order valence-electron chi connectivity index (χ0n) is 7.45. The summed E-state index contributed by atoms with van der Waals surface area (Å²) in [6.07, 6.45) is 3.23. The maximum Gasteiger partial charge on any atom is 0.0865 e. The van der Waals surface area contributed by atoms with Gasteiger partial charge in [-0.05, 0) is 11.8 Å². The van der Waals surface area contributed by atoms with E-state index < -0.39 is 0 Å². The van der Waals surface area contributed by atoms with Crippen molar-refractivity contribution >= 4 is 11.6 Å². The number of hydrogen-bond acceptors (Lipinski definition) is 1. The van der Waals surface area contributed by atoms with E-state index in [2.05, 4.69) is 32.2 Å². The van der Waals surface area contributed by atoms with Gasteiger partial charge in [-0.25, -0.2) is 0 Å². The Balaban J connectivity index is 2.65. The lowest BCUT2D eigenvalue weighted by molar-refractivity contribution is 0.454. The molecule has 0 spiro atoms. The van der Waals surface area contributed by atoms with E-state index in [0.717, 1.165) is 13.0 Å². The second-order valence-electron chi connectivity index (χ2n) is 4.06. The largest absolute Gasteiger partial charge is 0.298 e. The lowest BCUT2D eigenvalue weighted by Crippen LogP contribution is -2.31. The highest BCUT2D eigenvalue weighted by Gasteiger charge is 2.21. The van der Waals surface area contributed by atoms with Gasteiger partial charge in [0.15, 0.2) is 0 Å². The summed E-state index contributed by atoms with van der Waals surface area (Å²) in [7, 11) is 0. The summed E-state index contributed by atoms with van der Waals surface area (Å²) < 4.78 is 0. The lowest BCUT2D eigenvalue weighted by atomic mass is 9.83. The average molecular weight is 174 g/mol. The fourth-order valence-electron chi connectivity index (χ4n) is 1.27. The molecule has 0 aromatic carbocycles. The van der Waals surface area contributed by atoms with E-state index in [1.165, 1.54) is 5.57 Å². The highest BCUT2D eigenvalue weighted by molar-refractivity contribution is 6.20. The second-order valence-corrected chi connectivity index (χ2v) is 4.59. The van der Waals surface area contributed by atoms with E-state index in [0.29, 0.717) is 0 Å². The van der Waals surface area contributed by atoms with Gasteiger partial charge in [0.1, 0.15) is 0 Å². The van der Waals surface area contributed by atoms with Crippen molar-refractivity contribution in [3.05, 3.63) is 11.6 Å². The molecule has 1 unspecified atom stereocenters. The van der Waals surface area contributed by atoms with E-state index in [1.54, 1.807) is 0 Å². The third-order valence-corrected chi connectivity index (χ3v) is 2.36. The van der Waals surface area contributed by atoms with Gasteiger partial charge in [0.05, 0.1) is 5.50 Å². The van der Waals surface area contributed by atoms with Gasteiger partial charge in [0.25, 0.3) is 0 Å². The molecular weight excluding hydrogens is 158 g/mol. The van der Waals surface area contributed by atoms with Gasteiger partial charge in [-0.1, -0.05) is 32.4 Å². The number of nitrogens with one attached hydrogen (secondary N) is 1. The molecule has 0 aromatic rings. The highest BCUT2D eigenvalue weighted by Crippen LogP contribution is 2.30. The monoisotopic (exact) mass is 173 g/mol. The zero-order valence-corrected chi connectivity index (χ0v) is 8.20. The fraction of sp³-hybridized carbons (Fsp3) is 0.778. The Morgan fingerprint density at radius 3 is 2.55 bits per heavy atom. The first-order valence-electron chi connectivity index (χ1n) is 4.07. The van der Waals surface area contributed by atoms with Crippen molar-refractivity contribution in [3.63, 3.8) is 0 Å². The average Bonchev–Trinajstić information content (AvgIpc) is 1.86. The van der Waals surface area contributed by atoms with Crippen molar-refractivity contribution in [2.45, 2.75) is 32.7 Å². The molecule has 0 saturated heterocycles. The molecule has 1 heterocycles. The van der Waals surface area contributed by atoms with Gasteiger partial charge in [0.2, 0.25) is 0 Å². The zero-order chi connectivity index (χ0) is 8.48. The van der Waals surface area contributed by atoms with Crippen LogP contribution in [0, 0.1) is 5.41 Å². The molecule has 1 aliphatic heterocycles. The Kier molecular flexibility index (Phi) is 2.61. The predicted octanol–water partition coefficient (Wildman–Crippen LogP) is 2.52. The third-order valence-electron chi connectivity index (χ3n) is 2.05. The van der Waals surface area contributed by atoms with E-state index in [1.807, 2.05) is 0 Å². The van der Waals surface area contributed by atoms with Crippen molar-refractivity contribution < 1.29 is 0 Å². The van der Waals surface area contributed by atoms with Crippen molar-refractivity contribution in [1.29, 1.82) is 0 Å². The Morgan fingerprint density at radius 2 is 2.18 bits per heavy atom. The van der Waals surface area contributed by atoms with Gasteiger partial charge >= 0.3 is 0 Å². The molecule has 1 aliphatic rings. The number of halogens is 1. The summed E-state index contributed by atoms with van der Waals surface area (Å²) >= 11 is 5.97. The predicted molar refractivity (Wildman–Crippen MR) is 49.8 cm³/mol. The maximum atomic E-state index is 5.97. The summed E-state index contributed by atoms with van der Waals surface area (Å²) in [6.45, 7) is 7.61. The van der Waals surface area contributed by atoms with Gasteiger partial charge in [0, 0.05) is 6.54 Å². The van der Waals surface area contributed by atoms with Crippen LogP contribution in [-0.2, 0) is 0 Å². The molecule has 0 bridgehead atoms. The Morgan fingerprint density at radius 1 is 1.55 bits per heavy atom. The van der Waals surface area contributed by atoms with Crippen LogP contribution in [0.5, 0.6) is 0 Å². The van der Waals surface area contributed by atoms with E-state index >= 15 is 0 Å². The molecule has 0 aromatic heterocycles. The summed E-state index contributed by atoms with van der Waals surface area (Å²) in [5.41, 5.74) is 1.89. The molecule has 0 radical (unpaired) electrons. The van der Waals surface area contributed by atoms with Gasteiger partial charge < -0.3 is 0 Å². The quantitative estimate of drug-likeness (QED) is 0.337. The van der Waals surface area contributed by atoms with Crippen molar-refractivity contribution in [1.82, 2.24) is 5.32 Å². The second kappa shape index (κ2) is 3.16. The fourth-order valence-corrected chi connectivity index (χ4v) is 1.53. The van der Waals surface area contributed by atoms with Gasteiger partial charge in [-0.3, -0.25) is 5.32 Å². The molecule has 0 aliphatic carbocycles. The topological polar surface area (TPSA) is 12.0 Å². The molecule has 0 amide bonds. The smallest absolute Gasteiger partial charge is 0.0865 e. The van der Waals surface area contributed by atoms with Gasteiger partial charge in [-0.2, -0.15) is 0 Å². The van der Waals surface area contributed by atoms with Crippen LogP contribution in [0.1, 0.15) is 27.2 Å².